The van der Waals surface area contributed by atoms with Gasteiger partial charge in [-0.05, 0) is 25.7 Å². The Hall–Kier alpha value is -0.810. The van der Waals surface area contributed by atoms with Gasteiger partial charge in [0.15, 0.2) is 0 Å². The van der Waals surface area contributed by atoms with Gasteiger partial charge in [0, 0.05) is 6.54 Å². The SMILES string of the molecule is NNC(=NC1CCCCC1)N1CCOC2CCCCC21. The van der Waals surface area contributed by atoms with Gasteiger partial charge in [0.1, 0.15) is 0 Å². The maximum atomic E-state index is 5.93. The average molecular weight is 280 g/mol. The van der Waals surface area contributed by atoms with E-state index in [1.54, 1.807) is 0 Å². The molecular weight excluding hydrogens is 252 g/mol. The Balaban J connectivity index is 1.71. The minimum Gasteiger partial charge on any atom is -0.374 e. The Morgan fingerprint density at radius 2 is 1.80 bits per heavy atom. The van der Waals surface area contributed by atoms with Gasteiger partial charge in [-0.2, -0.15) is 0 Å². The van der Waals surface area contributed by atoms with Crippen LogP contribution in [-0.4, -0.2) is 42.2 Å². The summed E-state index contributed by atoms with van der Waals surface area (Å²) >= 11 is 0. The number of aliphatic imine (C=N–C) groups is 1. The van der Waals surface area contributed by atoms with E-state index in [0.717, 1.165) is 19.1 Å². The minimum absolute atomic E-state index is 0.377. The summed E-state index contributed by atoms with van der Waals surface area (Å²) in [6.45, 7) is 1.71. The highest BCUT2D eigenvalue weighted by molar-refractivity contribution is 5.80. The van der Waals surface area contributed by atoms with E-state index in [4.69, 9.17) is 15.6 Å². The molecule has 1 saturated heterocycles. The minimum atomic E-state index is 0.377. The van der Waals surface area contributed by atoms with Crippen LogP contribution in [0.1, 0.15) is 57.8 Å². The van der Waals surface area contributed by atoms with Gasteiger partial charge in [-0.15, -0.1) is 0 Å². The molecule has 3 fully saturated rings. The fourth-order valence-corrected chi connectivity index (χ4v) is 3.94. The summed E-state index contributed by atoms with van der Waals surface area (Å²) in [5, 5.41) is 0. The Morgan fingerprint density at radius 1 is 1.05 bits per heavy atom. The highest BCUT2D eigenvalue weighted by Gasteiger charge is 2.36. The summed E-state index contributed by atoms with van der Waals surface area (Å²) in [4.78, 5) is 7.30. The fourth-order valence-electron chi connectivity index (χ4n) is 3.94. The third-order valence-corrected chi connectivity index (χ3v) is 5.01. The molecule has 5 heteroatoms. The van der Waals surface area contributed by atoms with Crippen molar-refractivity contribution in [2.75, 3.05) is 13.2 Å². The second kappa shape index (κ2) is 6.76. The number of morpholine rings is 1. The largest absolute Gasteiger partial charge is 0.374 e. The molecule has 1 aliphatic heterocycles. The first-order valence-electron chi connectivity index (χ1n) is 8.31. The number of hydrazine groups is 1. The third-order valence-electron chi connectivity index (χ3n) is 5.01. The Kier molecular flexibility index (Phi) is 4.78. The topological polar surface area (TPSA) is 62.9 Å². The molecule has 3 N–H and O–H groups in total. The van der Waals surface area contributed by atoms with Crippen LogP contribution in [0.15, 0.2) is 4.99 Å². The van der Waals surface area contributed by atoms with Crippen LogP contribution in [0.2, 0.25) is 0 Å². The Labute approximate surface area is 121 Å². The van der Waals surface area contributed by atoms with Crippen LogP contribution in [0, 0.1) is 0 Å². The lowest BCUT2D eigenvalue weighted by molar-refractivity contribution is -0.0649. The van der Waals surface area contributed by atoms with E-state index < -0.39 is 0 Å². The molecular formula is C15H28N4O. The number of nitrogens with one attached hydrogen (secondary N) is 1. The van der Waals surface area contributed by atoms with Gasteiger partial charge in [-0.1, -0.05) is 32.1 Å². The Morgan fingerprint density at radius 3 is 2.60 bits per heavy atom. The summed E-state index contributed by atoms with van der Waals surface area (Å²) < 4.78 is 5.93. The van der Waals surface area contributed by atoms with Crippen molar-refractivity contribution in [2.45, 2.75) is 76.0 Å². The molecule has 0 amide bonds. The maximum Gasteiger partial charge on any atom is 0.209 e. The quantitative estimate of drug-likeness (QED) is 0.333. The van der Waals surface area contributed by atoms with E-state index in [9.17, 15) is 0 Å². The summed E-state index contributed by atoms with van der Waals surface area (Å²) in [7, 11) is 0. The standard InChI is InChI=1S/C15H28N4O/c16-18-15(17-12-6-2-1-3-7-12)19-10-11-20-14-9-5-4-8-13(14)19/h12-14H,1-11,16H2,(H,17,18). The van der Waals surface area contributed by atoms with Crippen LogP contribution < -0.4 is 11.3 Å². The van der Waals surface area contributed by atoms with E-state index in [0.29, 0.717) is 18.2 Å². The molecule has 3 aliphatic rings. The summed E-state index contributed by atoms with van der Waals surface area (Å²) in [5.74, 6) is 6.68. The van der Waals surface area contributed by atoms with Gasteiger partial charge >= 0.3 is 0 Å². The zero-order chi connectivity index (χ0) is 13.8. The lowest BCUT2D eigenvalue weighted by Crippen LogP contribution is -2.59. The van der Waals surface area contributed by atoms with Crippen LogP contribution in [0.25, 0.3) is 0 Å². The first-order valence-corrected chi connectivity index (χ1v) is 8.31. The number of hydrogen-bond donors (Lipinski definition) is 2. The van der Waals surface area contributed by atoms with Crippen LogP contribution in [0.3, 0.4) is 0 Å². The molecule has 114 valence electrons. The zero-order valence-electron chi connectivity index (χ0n) is 12.4. The number of nitrogens with zero attached hydrogens (tertiary/aromatic N) is 2. The van der Waals surface area contributed by atoms with Crippen LogP contribution in [0.5, 0.6) is 0 Å². The summed E-state index contributed by atoms with van der Waals surface area (Å²) in [6, 6.07) is 0.926. The lowest BCUT2D eigenvalue weighted by Gasteiger charge is -2.45. The number of ether oxygens (including phenoxy) is 1. The molecule has 0 aromatic carbocycles. The average Bonchev–Trinajstić information content (AvgIpc) is 2.53. The van der Waals surface area contributed by atoms with Gasteiger partial charge in [0.05, 0.1) is 24.8 Å². The lowest BCUT2D eigenvalue weighted by atomic mass is 9.90. The molecule has 2 unspecified atom stereocenters. The van der Waals surface area contributed by atoms with Crippen molar-refractivity contribution in [3.05, 3.63) is 0 Å². The monoisotopic (exact) mass is 280 g/mol. The van der Waals surface area contributed by atoms with E-state index in [1.165, 1.54) is 57.8 Å². The second-order valence-electron chi connectivity index (χ2n) is 6.34. The molecule has 2 aliphatic carbocycles. The molecule has 0 bridgehead atoms. The van der Waals surface area contributed by atoms with Gasteiger partial charge in [0.25, 0.3) is 0 Å². The maximum absolute atomic E-state index is 5.93. The number of guanidine groups is 1. The van der Waals surface area contributed by atoms with Gasteiger partial charge in [0.2, 0.25) is 5.96 Å². The van der Waals surface area contributed by atoms with E-state index >= 15 is 0 Å². The number of fused-ring (bicyclic) bond motifs is 1. The predicted octanol–water partition coefficient (Wildman–Crippen LogP) is 1.78. The molecule has 0 radical (unpaired) electrons. The van der Waals surface area contributed by atoms with Crippen LogP contribution in [0.4, 0.5) is 0 Å². The van der Waals surface area contributed by atoms with Gasteiger partial charge < -0.3 is 9.64 Å². The molecule has 1 heterocycles. The fraction of sp³-hybridized carbons (Fsp3) is 0.933. The normalized spacial score (nSPS) is 32.9. The molecule has 20 heavy (non-hydrogen) atoms. The molecule has 2 atom stereocenters. The molecule has 0 aromatic heterocycles. The number of nitrogens with two attached hydrogens (primary N) is 1. The third kappa shape index (κ3) is 3.09. The highest BCUT2D eigenvalue weighted by atomic mass is 16.5. The van der Waals surface area contributed by atoms with Crippen molar-refractivity contribution in [3.63, 3.8) is 0 Å². The smallest absolute Gasteiger partial charge is 0.209 e. The summed E-state index contributed by atoms with van der Waals surface area (Å²) in [6.07, 6.45) is 11.7. The van der Waals surface area contributed by atoms with Crippen molar-refractivity contribution >= 4 is 5.96 Å². The van der Waals surface area contributed by atoms with E-state index in [2.05, 4.69) is 10.3 Å². The van der Waals surface area contributed by atoms with Gasteiger partial charge in [-0.25, -0.2) is 10.8 Å². The highest BCUT2D eigenvalue weighted by Crippen LogP contribution is 2.29. The van der Waals surface area contributed by atoms with E-state index in [1.807, 2.05) is 0 Å². The van der Waals surface area contributed by atoms with Gasteiger partial charge in [-0.3, -0.25) is 5.43 Å². The van der Waals surface area contributed by atoms with Crippen molar-refractivity contribution in [1.29, 1.82) is 0 Å². The van der Waals surface area contributed by atoms with Crippen LogP contribution in [-0.2, 0) is 4.74 Å². The molecule has 0 aromatic rings. The first-order chi connectivity index (χ1) is 9.88. The van der Waals surface area contributed by atoms with Crippen molar-refractivity contribution < 1.29 is 4.74 Å². The molecule has 5 nitrogen and oxygen atoms in total. The summed E-state index contributed by atoms with van der Waals surface area (Å²) in [5.41, 5.74) is 2.87. The van der Waals surface area contributed by atoms with Crippen molar-refractivity contribution in [3.8, 4) is 0 Å². The predicted molar refractivity (Wildman–Crippen MR) is 80.3 cm³/mol. The molecule has 3 rings (SSSR count). The Bertz CT molecular complexity index is 339. The molecule has 2 saturated carbocycles. The van der Waals surface area contributed by atoms with Crippen molar-refractivity contribution in [1.82, 2.24) is 10.3 Å². The number of rotatable bonds is 1. The second-order valence-corrected chi connectivity index (χ2v) is 6.34. The first kappa shape index (κ1) is 14.1. The zero-order valence-corrected chi connectivity index (χ0v) is 12.4. The van der Waals surface area contributed by atoms with E-state index in [-0.39, 0.29) is 0 Å². The van der Waals surface area contributed by atoms with Crippen LogP contribution >= 0.6 is 0 Å². The molecule has 0 spiro atoms. The van der Waals surface area contributed by atoms with Crippen molar-refractivity contribution in [2.24, 2.45) is 10.8 Å². The number of hydrogen-bond acceptors (Lipinski definition) is 3.